The number of hydrogen-bond acceptors (Lipinski definition) is 5. The van der Waals surface area contributed by atoms with E-state index >= 15 is 0 Å². The van der Waals surface area contributed by atoms with Crippen LogP contribution in [0.2, 0.25) is 0 Å². The molecule has 1 aliphatic rings. The molecule has 0 bridgehead atoms. The highest BCUT2D eigenvalue weighted by molar-refractivity contribution is 7.89. The van der Waals surface area contributed by atoms with Crippen LogP contribution in [0.3, 0.4) is 0 Å². The van der Waals surface area contributed by atoms with Crippen LogP contribution in [0, 0.1) is 11.8 Å². The Kier molecular flexibility index (Phi) is 3.97. The van der Waals surface area contributed by atoms with Gasteiger partial charge in [0.15, 0.2) is 0 Å². The van der Waals surface area contributed by atoms with Gasteiger partial charge in [-0.1, -0.05) is 6.92 Å². The Labute approximate surface area is 140 Å². The normalized spacial score (nSPS) is 20.3. The molecule has 3 rings (SSSR count). The number of anilines is 2. The van der Waals surface area contributed by atoms with Gasteiger partial charge in [0.1, 0.15) is 5.82 Å². The number of benzene rings is 1. The number of amides is 1. The van der Waals surface area contributed by atoms with Gasteiger partial charge in [0.05, 0.1) is 4.90 Å². The number of sulfonamides is 1. The molecule has 2 atom stereocenters. The van der Waals surface area contributed by atoms with Crippen LogP contribution in [0.4, 0.5) is 11.5 Å². The first-order chi connectivity index (χ1) is 11.2. The zero-order valence-electron chi connectivity index (χ0n) is 13.8. The predicted octanol–water partition coefficient (Wildman–Crippen LogP) is 1.66. The van der Waals surface area contributed by atoms with E-state index in [0.29, 0.717) is 28.2 Å². The van der Waals surface area contributed by atoms with E-state index in [0.717, 1.165) is 10.7 Å². The number of pyridine rings is 1. The molecule has 0 saturated heterocycles. The maximum atomic E-state index is 12.3. The van der Waals surface area contributed by atoms with E-state index in [1.165, 1.54) is 26.2 Å². The van der Waals surface area contributed by atoms with Gasteiger partial charge in [-0.3, -0.25) is 4.79 Å². The van der Waals surface area contributed by atoms with Crippen LogP contribution in [0.15, 0.2) is 29.3 Å². The monoisotopic (exact) mass is 348 g/mol. The Bertz CT molecular complexity index is 924. The summed E-state index contributed by atoms with van der Waals surface area (Å²) in [5, 5.41) is 4.04. The lowest BCUT2D eigenvalue weighted by Crippen LogP contribution is -2.22. The van der Waals surface area contributed by atoms with Crippen LogP contribution in [0.25, 0.3) is 10.8 Å². The number of aromatic nitrogens is 1. The molecule has 0 aliphatic heterocycles. The number of nitrogen functional groups attached to an aromatic ring is 1. The molecule has 0 radical (unpaired) electrons. The fraction of sp³-hybridized carbons (Fsp3) is 0.375. The van der Waals surface area contributed by atoms with E-state index in [1.807, 2.05) is 6.92 Å². The summed E-state index contributed by atoms with van der Waals surface area (Å²) in [7, 11) is -0.666. The van der Waals surface area contributed by atoms with Crippen LogP contribution in [0.5, 0.6) is 0 Å². The molecule has 2 aromatic rings. The van der Waals surface area contributed by atoms with E-state index < -0.39 is 10.0 Å². The van der Waals surface area contributed by atoms with Crippen molar-refractivity contribution in [3.05, 3.63) is 24.4 Å². The Balaban J connectivity index is 2.00. The second-order valence-electron chi connectivity index (χ2n) is 6.40. The first kappa shape index (κ1) is 16.7. The van der Waals surface area contributed by atoms with E-state index in [1.54, 1.807) is 12.3 Å². The van der Waals surface area contributed by atoms with Crippen molar-refractivity contribution in [1.82, 2.24) is 9.29 Å². The summed E-state index contributed by atoms with van der Waals surface area (Å²) in [6.45, 7) is 2.02. The summed E-state index contributed by atoms with van der Waals surface area (Å²) in [6, 6.07) is 4.60. The van der Waals surface area contributed by atoms with E-state index in [-0.39, 0.29) is 16.7 Å². The van der Waals surface area contributed by atoms with E-state index in [4.69, 9.17) is 5.73 Å². The maximum Gasteiger partial charge on any atom is 0.242 e. The highest BCUT2D eigenvalue weighted by Gasteiger charge is 2.39. The quantitative estimate of drug-likeness (QED) is 0.818. The predicted molar refractivity (Wildman–Crippen MR) is 92.9 cm³/mol. The van der Waals surface area contributed by atoms with Gasteiger partial charge in [-0.15, -0.1) is 0 Å². The number of nitrogens with zero attached hydrogens (tertiary/aromatic N) is 2. The van der Waals surface area contributed by atoms with Crippen molar-refractivity contribution >= 4 is 38.2 Å². The molecule has 24 heavy (non-hydrogen) atoms. The molecular weight excluding hydrogens is 328 g/mol. The van der Waals surface area contributed by atoms with Gasteiger partial charge in [0.2, 0.25) is 15.9 Å². The Morgan fingerprint density at radius 3 is 2.58 bits per heavy atom. The zero-order chi connectivity index (χ0) is 17.6. The Morgan fingerprint density at radius 2 is 2.00 bits per heavy atom. The van der Waals surface area contributed by atoms with Gasteiger partial charge in [-0.25, -0.2) is 17.7 Å². The minimum absolute atomic E-state index is 0.0352. The second-order valence-corrected chi connectivity index (χ2v) is 8.55. The van der Waals surface area contributed by atoms with E-state index in [9.17, 15) is 13.2 Å². The standard InChI is InChI=1S/C16H20N4O3S/c1-9-4-12(9)16(21)19-15-6-10-5-11(24(22,23)20(2)3)7-14(17)13(10)8-18-15/h5-9,12H,4,17H2,1-3H3,(H,18,19,21)/t9-,12-/m1/s1. The first-order valence-corrected chi connectivity index (χ1v) is 9.07. The largest absolute Gasteiger partial charge is 0.398 e. The lowest BCUT2D eigenvalue weighted by molar-refractivity contribution is -0.117. The van der Waals surface area contributed by atoms with Crippen molar-refractivity contribution in [3.8, 4) is 0 Å². The Morgan fingerprint density at radius 1 is 1.33 bits per heavy atom. The average Bonchev–Trinajstić information content (AvgIpc) is 3.23. The maximum absolute atomic E-state index is 12.3. The SMILES string of the molecule is C[C@@H]1C[C@H]1C(=O)Nc1cc2cc(S(=O)(=O)N(C)C)cc(N)c2cn1. The minimum atomic E-state index is -3.59. The van der Waals surface area contributed by atoms with Crippen LogP contribution in [0.1, 0.15) is 13.3 Å². The van der Waals surface area contributed by atoms with Gasteiger partial charge < -0.3 is 11.1 Å². The average molecular weight is 348 g/mol. The molecule has 0 unspecified atom stereocenters. The number of nitrogens with two attached hydrogens (primary N) is 1. The summed E-state index contributed by atoms with van der Waals surface area (Å²) in [5.74, 6) is 0.774. The molecule has 1 aromatic carbocycles. The number of carbonyl (C=O) groups excluding carboxylic acids is 1. The minimum Gasteiger partial charge on any atom is -0.398 e. The molecule has 128 valence electrons. The molecule has 7 nitrogen and oxygen atoms in total. The summed E-state index contributed by atoms with van der Waals surface area (Å²) >= 11 is 0. The van der Waals surface area contributed by atoms with Crippen molar-refractivity contribution in [3.63, 3.8) is 0 Å². The molecule has 0 spiro atoms. The third-order valence-corrected chi connectivity index (χ3v) is 6.11. The number of nitrogens with one attached hydrogen (secondary N) is 1. The summed E-state index contributed by atoms with van der Waals surface area (Å²) in [5.41, 5.74) is 6.30. The van der Waals surface area contributed by atoms with Crippen LogP contribution < -0.4 is 11.1 Å². The zero-order valence-corrected chi connectivity index (χ0v) is 14.6. The first-order valence-electron chi connectivity index (χ1n) is 7.63. The topological polar surface area (TPSA) is 105 Å². The molecule has 3 N–H and O–H groups in total. The summed E-state index contributed by atoms with van der Waals surface area (Å²) in [4.78, 5) is 16.3. The van der Waals surface area contributed by atoms with E-state index in [2.05, 4.69) is 10.3 Å². The van der Waals surface area contributed by atoms with Crippen molar-refractivity contribution in [2.24, 2.45) is 11.8 Å². The van der Waals surface area contributed by atoms with Gasteiger partial charge in [0.25, 0.3) is 0 Å². The van der Waals surface area contributed by atoms with Crippen molar-refractivity contribution in [2.45, 2.75) is 18.2 Å². The van der Waals surface area contributed by atoms with Crippen LogP contribution in [-0.2, 0) is 14.8 Å². The van der Waals surface area contributed by atoms with Gasteiger partial charge in [-0.05, 0) is 35.9 Å². The third kappa shape index (κ3) is 2.94. The van der Waals surface area contributed by atoms with Crippen LogP contribution >= 0.6 is 0 Å². The second kappa shape index (κ2) is 5.71. The molecule has 1 heterocycles. The smallest absolute Gasteiger partial charge is 0.242 e. The molecular formula is C16H20N4O3S. The van der Waals surface area contributed by atoms with Crippen molar-refractivity contribution < 1.29 is 13.2 Å². The third-order valence-electron chi connectivity index (χ3n) is 4.32. The van der Waals surface area contributed by atoms with Crippen LogP contribution in [-0.4, -0.2) is 37.7 Å². The molecule has 1 fully saturated rings. The molecule has 1 aliphatic carbocycles. The molecule has 1 amide bonds. The summed E-state index contributed by atoms with van der Waals surface area (Å²) in [6.07, 6.45) is 2.43. The highest BCUT2D eigenvalue weighted by atomic mass is 32.2. The van der Waals surface area contributed by atoms with Crippen molar-refractivity contribution in [2.75, 3.05) is 25.1 Å². The fourth-order valence-corrected chi connectivity index (χ4v) is 3.57. The molecule has 1 saturated carbocycles. The fourth-order valence-electron chi connectivity index (χ4n) is 2.59. The van der Waals surface area contributed by atoms with Crippen molar-refractivity contribution in [1.29, 1.82) is 0 Å². The van der Waals surface area contributed by atoms with Gasteiger partial charge in [-0.2, -0.15) is 0 Å². The van der Waals surface area contributed by atoms with Gasteiger partial charge >= 0.3 is 0 Å². The lowest BCUT2D eigenvalue weighted by Gasteiger charge is -2.13. The lowest BCUT2D eigenvalue weighted by atomic mass is 10.1. The summed E-state index contributed by atoms with van der Waals surface area (Å²) < 4.78 is 25.7. The number of rotatable bonds is 4. The highest BCUT2D eigenvalue weighted by Crippen LogP contribution is 2.38. The number of fused-ring (bicyclic) bond motifs is 1. The molecule has 8 heteroatoms. The number of carbonyl (C=O) groups is 1. The molecule has 1 aromatic heterocycles. The van der Waals surface area contributed by atoms with Gasteiger partial charge in [0, 0.05) is 37.3 Å². The Hall–Kier alpha value is -2.19. The number of hydrogen-bond donors (Lipinski definition) is 2.